The van der Waals surface area contributed by atoms with Gasteiger partial charge < -0.3 is 14.8 Å². The number of hydrogen-bond donors (Lipinski definition) is 2. The third-order valence-electron chi connectivity index (χ3n) is 2.58. The van der Waals surface area contributed by atoms with Crippen LogP contribution in [-0.4, -0.2) is 17.6 Å². The van der Waals surface area contributed by atoms with Crippen molar-refractivity contribution in [1.82, 2.24) is 5.32 Å². The van der Waals surface area contributed by atoms with Crippen LogP contribution >= 0.6 is 0 Å². The lowest BCUT2D eigenvalue weighted by atomic mass is 10.1. The number of carbonyl (C=O) groups excluding carboxylic acids is 1. The smallest absolute Gasteiger partial charge is 0.286 e. The fourth-order valence-electron chi connectivity index (χ4n) is 1.70. The zero-order valence-corrected chi connectivity index (χ0v) is 9.93. The highest BCUT2D eigenvalue weighted by molar-refractivity contribution is 5.91. The minimum absolute atomic E-state index is 0.198. The number of benzene rings is 1. The average molecular weight is 245 g/mol. The van der Waals surface area contributed by atoms with Gasteiger partial charge in [0.15, 0.2) is 5.76 Å². The predicted molar refractivity (Wildman–Crippen MR) is 67.5 cm³/mol. The lowest BCUT2D eigenvalue weighted by Crippen LogP contribution is -2.24. The molecule has 0 atom stereocenters. The number of furan rings is 1. The van der Waals surface area contributed by atoms with Gasteiger partial charge in [-0.1, -0.05) is 12.1 Å². The highest BCUT2D eigenvalue weighted by Gasteiger charge is 2.06. The van der Waals surface area contributed by atoms with Crippen molar-refractivity contribution in [2.75, 3.05) is 6.54 Å². The number of aromatic hydroxyl groups is 1. The summed E-state index contributed by atoms with van der Waals surface area (Å²) in [4.78, 5) is 11.5. The van der Waals surface area contributed by atoms with Crippen molar-refractivity contribution < 1.29 is 14.3 Å². The Hall–Kier alpha value is -2.23. The van der Waals surface area contributed by atoms with Gasteiger partial charge in [-0.25, -0.2) is 0 Å². The number of rotatable bonds is 5. The minimum Gasteiger partial charge on any atom is -0.508 e. The van der Waals surface area contributed by atoms with E-state index in [-0.39, 0.29) is 11.7 Å². The first-order valence-corrected chi connectivity index (χ1v) is 5.85. The number of carbonyl (C=O) groups is 1. The molecule has 0 aliphatic carbocycles. The summed E-state index contributed by atoms with van der Waals surface area (Å²) in [6, 6.07) is 10.4. The average Bonchev–Trinajstić information content (AvgIpc) is 2.88. The van der Waals surface area contributed by atoms with Gasteiger partial charge in [0.1, 0.15) is 5.75 Å². The van der Waals surface area contributed by atoms with Gasteiger partial charge in [-0.05, 0) is 42.7 Å². The van der Waals surface area contributed by atoms with Crippen LogP contribution in [0.15, 0.2) is 47.1 Å². The zero-order chi connectivity index (χ0) is 12.8. The summed E-state index contributed by atoms with van der Waals surface area (Å²) in [5.41, 5.74) is 1.06. The number of phenolic OH excluding ortho intramolecular Hbond substituents is 1. The second-order valence-electron chi connectivity index (χ2n) is 4.01. The summed E-state index contributed by atoms with van der Waals surface area (Å²) >= 11 is 0. The fraction of sp³-hybridized carbons (Fsp3) is 0.214. The molecule has 0 aliphatic rings. The number of nitrogens with one attached hydrogen (secondary N) is 1. The third-order valence-corrected chi connectivity index (χ3v) is 2.58. The molecule has 0 saturated carbocycles. The summed E-state index contributed by atoms with van der Waals surface area (Å²) in [5.74, 6) is 0.399. The van der Waals surface area contributed by atoms with Crippen molar-refractivity contribution in [2.45, 2.75) is 12.8 Å². The highest BCUT2D eigenvalue weighted by atomic mass is 16.3. The van der Waals surface area contributed by atoms with Crippen molar-refractivity contribution >= 4 is 5.91 Å². The predicted octanol–water partition coefficient (Wildman–Crippen LogP) is 2.35. The topological polar surface area (TPSA) is 62.5 Å². The number of phenols is 1. The Kier molecular flexibility index (Phi) is 4.02. The molecule has 2 N–H and O–H groups in total. The van der Waals surface area contributed by atoms with E-state index in [2.05, 4.69) is 5.32 Å². The summed E-state index contributed by atoms with van der Waals surface area (Å²) in [6.07, 6.45) is 3.10. The molecule has 0 saturated heterocycles. The normalized spacial score (nSPS) is 10.2. The molecule has 2 aromatic rings. The molecule has 1 aromatic heterocycles. The van der Waals surface area contributed by atoms with Gasteiger partial charge in [-0.15, -0.1) is 0 Å². The maximum absolute atomic E-state index is 11.5. The SMILES string of the molecule is O=C(NCCCc1cccc(O)c1)c1ccco1. The second-order valence-corrected chi connectivity index (χ2v) is 4.01. The van der Waals surface area contributed by atoms with Gasteiger partial charge in [0.2, 0.25) is 0 Å². The van der Waals surface area contributed by atoms with Crippen molar-refractivity contribution in [3.8, 4) is 5.75 Å². The maximum Gasteiger partial charge on any atom is 0.286 e. The molecule has 1 amide bonds. The molecule has 0 bridgehead atoms. The summed E-state index contributed by atoms with van der Waals surface area (Å²) in [5, 5.41) is 12.1. The van der Waals surface area contributed by atoms with Gasteiger partial charge in [0.25, 0.3) is 5.91 Å². The molecule has 18 heavy (non-hydrogen) atoms. The number of hydrogen-bond acceptors (Lipinski definition) is 3. The van der Waals surface area contributed by atoms with Gasteiger partial charge in [0, 0.05) is 6.54 Å². The Morgan fingerprint density at radius 2 is 2.17 bits per heavy atom. The van der Waals surface area contributed by atoms with Crippen molar-refractivity contribution in [3.63, 3.8) is 0 Å². The molecule has 4 nitrogen and oxygen atoms in total. The molecule has 2 rings (SSSR count). The maximum atomic E-state index is 11.5. The lowest BCUT2D eigenvalue weighted by Gasteiger charge is -2.04. The van der Waals surface area contributed by atoms with Gasteiger partial charge >= 0.3 is 0 Å². The molecular weight excluding hydrogens is 230 g/mol. The van der Waals surface area contributed by atoms with Crippen molar-refractivity contribution in [3.05, 3.63) is 54.0 Å². The van der Waals surface area contributed by atoms with Crippen LogP contribution in [-0.2, 0) is 6.42 Å². The van der Waals surface area contributed by atoms with E-state index in [1.54, 1.807) is 24.3 Å². The first-order chi connectivity index (χ1) is 8.75. The van der Waals surface area contributed by atoms with Crippen LogP contribution in [0, 0.1) is 0 Å². The van der Waals surface area contributed by atoms with E-state index in [4.69, 9.17) is 4.42 Å². The zero-order valence-electron chi connectivity index (χ0n) is 9.93. The molecule has 1 heterocycles. The summed E-state index contributed by atoms with van der Waals surface area (Å²) in [6.45, 7) is 0.579. The molecular formula is C14H15NO3. The highest BCUT2D eigenvalue weighted by Crippen LogP contribution is 2.12. The summed E-state index contributed by atoms with van der Waals surface area (Å²) in [7, 11) is 0. The lowest BCUT2D eigenvalue weighted by molar-refractivity contribution is 0.0925. The van der Waals surface area contributed by atoms with E-state index < -0.39 is 0 Å². The van der Waals surface area contributed by atoms with Gasteiger partial charge in [-0.3, -0.25) is 4.79 Å². The molecule has 0 spiro atoms. The van der Waals surface area contributed by atoms with Gasteiger partial charge in [0.05, 0.1) is 6.26 Å². The van der Waals surface area contributed by atoms with Crippen molar-refractivity contribution in [2.24, 2.45) is 0 Å². The van der Waals surface area contributed by atoms with E-state index in [1.807, 2.05) is 12.1 Å². The van der Waals surface area contributed by atoms with Crippen LogP contribution in [0.3, 0.4) is 0 Å². The monoisotopic (exact) mass is 245 g/mol. The molecule has 0 fully saturated rings. The van der Waals surface area contributed by atoms with E-state index >= 15 is 0 Å². The minimum atomic E-state index is -0.198. The first-order valence-electron chi connectivity index (χ1n) is 5.85. The van der Waals surface area contributed by atoms with E-state index in [9.17, 15) is 9.90 Å². The van der Waals surface area contributed by atoms with Crippen LogP contribution < -0.4 is 5.32 Å². The Morgan fingerprint density at radius 3 is 2.89 bits per heavy atom. The largest absolute Gasteiger partial charge is 0.508 e. The standard InChI is InChI=1S/C14H15NO3/c16-12-6-1-4-11(10-12)5-2-8-15-14(17)13-7-3-9-18-13/h1,3-4,6-7,9-10,16H,2,5,8H2,(H,15,17). The third kappa shape index (κ3) is 3.38. The first kappa shape index (κ1) is 12.2. The van der Waals surface area contributed by atoms with Gasteiger partial charge in [-0.2, -0.15) is 0 Å². The van der Waals surface area contributed by atoms with Crippen LogP contribution in [0.2, 0.25) is 0 Å². The van der Waals surface area contributed by atoms with E-state index in [1.165, 1.54) is 6.26 Å². The Bertz CT molecular complexity index is 506. The van der Waals surface area contributed by atoms with Crippen LogP contribution in [0.5, 0.6) is 5.75 Å². The molecule has 1 aromatic carbocycles. The Balaban J connectivity index is 1.72. The quantitative estimate of drug-likeness (QED) is 0.795. The van der Waals surface area contributed by atoms with E-state index in [0.717, 1.165) is 18.4 Å². The van der Waals surface area contributed by atoms with Crippen LogP contribution in [0.1, 0.15) is 22.5 Å². The van der Waals surface area contributed by atoms with Crippen molar-refractivity contribution in [1.29, 1.82) is 0 Å². The number of aryl methyl sites for hydroxylation is 1. The van der Waals surface area contributed by atoms with E-state index in [0.29, 0.717) is 12.3 Å². The molecule has 0 aliphatic heterocycles. The molecule has 94 valence electrons. The molecule has 4 heteroatoms. The van der Waals surface area contributed by atoms with Crippen LogP contribution in [0.25, 0.3) is 0 Å². The Morgan fingerprint density at radius 1 is 1.28 bits per heavy atom. The number of amides is 1. The molecule has 0 unspecified atom stereocenters. The molecule has 0 radical (unpaired) electrons. The fourth-order valence-corrected chi connectivity index (χ4v) is 1.70. The van der Waals surface area contributed by atoms with Crippen LogP contribution in [0.4, 0.5) is 0 Å². The summed E-state index contributed by atoms with van der Waals surface area (Å²) < 4.78 is 4.98. The second kappa shape index (κ2) is 5.91. The Labute approximate surface area is 105 Å².